The van der Waals surface area contributed by atoms with Crippen LogP contribution in [0.3, 0.4) is 0 Å². The molecule has 0 bridgehead atoms. The summed E-state index contributed by atoms with van der Waals surface area (Å²) in [6, 6.07) is 0. The van der Waals surface area contributed by atoms with Gasteiger partial charge < -0.3 is 9.47 Å². The fourth-order valence-electron chi connectivity index (χ4n) is 1.05. The number of methoxy groups -OCH3 is 1. The third-order valence-corrected chi connectivity index (χ3v) is 3.23. The highest BCUT2D eigenvalue weighted by Gasteiger charge is 2.33. The molecule has 0 aliphatic carbocycles. The van der Waals surface area contributed by atoms with E-state index >= 15 is 0 Å². The normalized spacial score (nSPS) is 11.3. The van der Waals surface area contributed by atoms with Crippen LogP contribution in [0.25, 0.3) is 0 Å². The zero-order valence-electron chi connectivity index (χ0n) is 9.15. The SMILES string of the molecule is COc1nc(C(Cl)(Cl)Cl)c(Cl)c(OC(=O)CCl)c1Cl. The van der Waals surface area contributed by atoms with E-state index in [2.05, 4.69) is 4.98 Å². The van der Waals surface area contributed by atoms with E-state index in [1.54, 1.807) is 0 Å². The van der Waals surface area contributed by atoms with Crippen molar-refractivity contribution in [3.05, 3.63) is 15.7 Å². The summed E-state index contributed by atoms with van der Waals surface area (Å²) in [4.78, 5) is 15.1. The molecule has 0 atom stereocenters. The van der Waals surface area contributed by atoms with Crippen molar-refractivity contribution in [3.63, 3.8) is 0 Å². The third kappa shape index (κ3) is 4.06. The first-order valence-corrected chi connectivity index (χ1v) is 6.91. The van der Waals surface area contributed by atoms with Gasteiger partial charge in [-0.25, -0.2) is 4.98 Å². The van der Waals surface area contributed by atoms with E-state index in [1.807, 2.05) is 0 Å². The monoisotopic (exact) mass is 385 g/mol. The lowest BCUT2D eigenvalue weighted by Crippen LogP contribution is -2.13. The number of carbonyl (C=O) groups is 1. The van der Waals surface area contributed by atoms with Crippen molar-refractivity contribution >= 4 is 75.6 Å². The van der Waals surface area contributed by atoms with Gasteiger partial charge in [0.2, 0.25) is 9.67 Å². The van der Waals surface area contributed by atoms with Gasteiger partial charge in [0.15, 0.2) is 5.75 Å². The Kier molecular flexibility index (Phi) is 6.11. The Bertz CT molecular complexity index is 502. The molecule has 4 nitrogen and oxygen atoms in total. The Hall–Kier alpha value is 0.160. The number of hydrogen-bond acceptors (Lipinski definition) is 4. The van der Waals surface area contributed by atoms with Crippen molar-refractivity contribution in [2.75, 3.05) is 13.0 Å². The molecule has 0 radical (unpaired) electrons. The molecule has 0 aliphatic rings. The van der Waals surface area contributed by atoms with Crippen LogP contribution >= 0.6 is 69.6 Å². The minimum atomic E-state index is -1.95. The fraction of sp³-hybridized carbons (Fsp3) is 0.333. The summed E-state index contributed by atoms with van der Waals surface area (Å²) in [5.74, 6) is -1.53. The summed E-state index contributed by atoms with van der Waals surface area (Å²) in [6.07, 6.45) is 0. The van der Waals surface area contributed by atoms with E-state index in [4.69, 9.17) is 79.1 Å². The van der Waals surface area contributed by atoms with Gasteiger partial charge in [0.1, 0.15) is 21.6 Å². The van der Waals surface area contributed by atoms with Gasteiger partial charge in [-0.05, 0) is 0 Å². The summed E-state index contributed by atoms with van der Waals surface area (Å²) < 4.78 is 7.82. The van der Waals surface area contributed by atoms with E-state index < -0.39 is 15.6 Å². The standard InChI is InChI=1S/C9H5Cl6NO3/c1-18-8-5(12)6(19-3(17)2-10)4(11)7(16-8)9(13,14)15/h2H2,1H3. The summed E-state index contributed by atoms with van der Waals surface area (Å²) in [5, 5.41) is -0.353. The van der Waals surface area contributed by atoms with Gasteiger partial charge in [-0.3, -0.25) is 4.79 Å². The molecule has 0 saturated heterocycles. The number of carbonyl (C=O) groups excluding carboxylic acids is 1. The van der Waals surface area contributed by atoms with Crippen LogP contribution in [0.15, 0.2) is 0 Å². The number of aromatic nitrogens is 1. The molecule has 1 aromatic rings. The van der Waals surface area contributed by atoms with Crippen LogP contribution < -0.4 is 9.47 Å². The maximum absolute atomic E-state index is 11.2. The number of halogens is 6. The average Bonchev–Trinajstić information content (AvgIpc) is 2.32. The van der Waals surface area contributed by atoms with Gasteiger partial charge in [0.25, 0.3) is 0 Å². The molecule has 0 spiro atoms. The first-order chi connectivity index (χ1) is 8.72. The summed E-state index contributed by atoms with van der Waals surface area (Å²) in [7, 11) is 1.29. The van der Waals surface area contributed by atoms with Crippen molar-refractivity contribution < 1.29 is 14.3 Å². The van der Waals surface area contributed by atoms with Gasteiger partial charge in [0.05, 0.1) is 7.11 Å². The molecule has 1 rings (SSSR count). The minimum absolute atomic E-state index is 0.107. The molecule has 1 aromatic heterocycles. The van der Waals surface area contributed by atoms with Crippen molar-refractivity contribution in [2.24, 2.45) is 0 Å². The second kappa shape index (κ2) is 6.74. The zero-order valence-corrected chi connectivity index (χ0v) is 13.7. The summed E-state index contributed by atoms with van der Waals surface area (Å²) in [5.41, 5.74) is -0.183. The van der Waals surface area contributed by atoms with Gasteiger partial charge >= 0.3 is 5.97 Å². The van der Waals surface area contributed by atoms with Gasteiger partial charge in [-0.15, -0.1) is 11.6 Å². The van der Waals surface area contributed by atoms with Crippen molar-refractivity contribution in [3.8, 4) is 11.6 Å². The molecular formula is C9H5Cl6NO3. The first-order valence-electron chi connectivity index (χ1n) is 4.49. The van der Waals surface area contributed by atoms with Crippen LogP contribution in [-0.4, -0.2) is 23.9 Å². The first kappa shape index (κ1) is 17.2. The predicted molar refractivity (Wildman–Crippen MR) is 76.4 cm³/mol. The number of nitrogens with zero attached hydrogens (tertiary/aromatic N) is 1. The number of hydrogen-bond donors (Lipinski definition) is 0. The van der Waals surface area contributed by atoms with Crippen LogP contribution in [0.1, 0.15) is 5.69 Å². The number of pyridine rings is 1. The lowest BCUT2D eigenvalue weighted by molar-refractivity contribution is -0.131. The molecule has 0 fully saturated rings. The van der Waals surface area contributed by atoms with E-state index in [0.717, 1.165) is 0 Å². The van der Waals surface area contributed by atoms with E-state index in [9.17, 15) is 4.79 Å². The number of ether oxygens (including phenoxy) is 2. The Balaban J connectivity index is 3.47. The largest absolute Gasteiger partial charge is 0.480 e. The van der Waals surface area contributed by atoms with Gasteiger partial charge in [-0.1, -0.05) is 58.0 Å². The molecule has 0 amide bonds. The second-order valence-corrected chi connectivity index (χ2v) is 6.34. The molecule has 1 heterocycles. The van der Waals surface area contributed by atoms with Crippen LogP contribution in [-0.2, 0) is 8.59 Å². The highest BCUT2D eigenvalue weighted by Crippen LogP contribution is 2.48. The molecule has 0 saturated carbocycles. The zero-order chi connectivity index (χ0) is 14.8. The molecule has 106 valence electrons. The highest BCUT2D eigenvalue weighted by atomic mass is 35.6. The molecule has 0 aromatic carbocycles. The quantitative estimate of drug-likeness (QED) is 0.571. The van der Waals surface area contributed by atoms with Crippen molar-refractivity contribution in [1.29, 1.82) is 0 Å². The van der Waals surface area contributed by atoms with Crippen molar-refractivity contribution in [2.45, 2.75) is 3.79 Å². The van der Waals surface area contributed by atoms with Crippen molar-refractivity contribution in [1.82, 2.24) is 4.98 Å². The number of esters is 1. The predicted octanol–water partition coefficient (Wildman–Crippen LogP) is 4.37. The van der Waals surface area contributed by atoms with Crippen LogP contribution in [0.4, 0.5) is 0 Å². The lowest BCUT2D eigenvalue weighted by Gasteiger charge is -2.17. The topological polar surface area (TPSA) is 48.4 Å². The maximum Gasteiger partial charge on any atom is 0.326 e. The van der Waals surface area contributed by atoms with Gasteiger partial charge in [0, 0.05) is 0 Å². The Morgan fingerprint density at radius 2 is 1.84 bits per heavy atom. The van der Waals surface area contributed by atoms with E-state index in [-0.39, 0.29) is 27.4 Å². The summed E-state index contributed by atoms with van der Waals surface area (Å²) in [6.45, 7) is 0. The van der Waals surface area contributed by atoms with Crippen LogP contribution in [0, 0.1) is 0 Å². The summed E-state index contributed by atoms with van der Waals surface area (Å²) >= 11 is 34.3. The Morgan fingerprint density at radius 3 is 2.26 bits per heavy atom. The third-order valence-electron chi connectivity index (χ3n) is 1.79. The molecule has 0 aliphatic heterocycles. The minimum Gasteiger partial charge on any atom is -0.480 e. The molecule has 0 N–H and O–H groups in total. The van der Waals surface area contributed by atoms with E-state index in [0.29, 0.717) is 0 Å². The maximum atomic E-state index is 11.2. The molecular weight excluding hydrogens is 383 g/mol. The number of rotatable bonds is 3. The Morgan fingerprint density at radius 1 is 1.26 bits per heavy atom. The molecule has 0 unspecified atom stereocenters. The van der Waals surface area contributed by atoms with Crippen LogP contribution in [0.2, 0.25) is 10.0 Å². The fourth-order valence-corrected chi connectivity index (χ4v) is 2.28. The molecule has 10 heteroatoms. The van der Waals surface area contributed by atoms with E-state index in [1.165, 1.54) is 7.11 Å². The smallest absolute Gasteiger partial charge is 0.326 e. The van der Waals surface area contributed by atoms with Gasteiger partial charge in [-0.2, -0.15) is 0 Å². The lowest BCUT2D eigenvalue weighted by atomic mass is 10.3. The molecule has 19 heavy (non-hydrogen) atoms. The average molecular weight is 388 g/mol. The van der Waals surface area contributed by atoms with Crippen LogP contribution in [0.5, 0.6) is 11.6 Å². The second-order valence-electron chi connectivity index (χ2n) is 3.03. The Labute approximate surface area is 138 Å². The number of alkyl halides is 4. The highest BCUT2D eigenvalue weighted by molar-refractivity contribution is 6.67.